The average Bonchev–Trinajstić information content (AvgIpc) is 3.30. The molecule has 3 rings (SSSR count). The minimum atomic E-state index is -0.339. The summed E-state index contributed by atoms with van der Waals surface area (Å²) in [6.07, 6.45) is 2.47. The van der Waals surface area contributed by atoms with Gasteiger partial charge in [0.1, 0.15) is 0 Å². The van der Waals surface area contributed by atoms with Crippen molar-refractivity contribution >= 4 is 11.4 Å². The topological polar surface area (TPSA) is 55.2 Å². The molecule has 2 aromatic rings. The number of anilines is 1. The number of nitrogens with zero attached hydrogens (tertiary/aromatic N) is 1. The zero-order valence-corrected chi connectivity index (χ0v) is 12.0. The Hall–Kier alpha value is -2.36. The van der Waals surface area contributed by atoms with Gasteiger partial charge in [-0.3, -0.25) is 10.1 Å². The molecule has 0 radical (unpaired) electrons. The first-order chi connectivity index (χ1) is 10.1. The van der Waals surface area contributed by atoms with Crippen LogP contribution < -0.4 is 5.32 Å². The minimum absolute atomic E-state index is 0.170. The van der Waals surface area contributed by atoms with Gasteiger partial charge in [0.2, 0.25) is 0 Å². The van der Waals surface area contributed by atoms with Crippen LogP contribution in [0, 0.1) is 23.0 Å². The largest absolute Gasteiger partial charge is 0.378 e. The van der Waals surface area contributed by atoms with Gasteiger partial charge in [0.25, 0.3) is 5.69 Å². The van der Waals surface area contributed by atoms with E-state index in [4.69, 9.17) is 0 Å². The normalized spacial score (nSPS) is 15.5. The van der Waals surface area contributed by atoms with E-state index in [0.717, 1.165) is 5.69 Å². The molecule has 1 saturated carbocycles. The van der Waals surface area contributed by atoms with Gasteiger partial charge < -0.3 is 5.32 Å². The fourth-order valence-corrected chi connectivity index (χ4v) is 2.69. The molecule has 1 aliphatic rings. The maximum Gasteiger partial charge on any atom is 0.272 e. The van der Waals surface area contributed by atoms with Gasteiger partial charge in [-0.05, 0) is 43.4 Å². The number of nitrogens with one attached hydrogen (secondary N) is 1. The Labute approximate surface area is 124 Å². The van der Waals surface area contributed by atoms with E-state index in [1.54, 1.807) is 19.1 Å². The van der Waals surface area contributed by atoms with Crippen LogP contribution in [0.3, 0.4) is 0 Å². The lowest BCUT2D eigenvalue weighted by Crippen LogP contribution is -2.13. The molecule has 0 heterocycles. The quantitative estimate of drug-likeness (QED) is 0.650. The molecule has 1 N–H and O–H groups in total. The van der Waals surface area contributed by atoms with Gasteiger partial charge in [-0.25, -0.2) is 0 Å². The third kappa shape index (κ3) is 3.05. The molecule has 108 valence electrons. The second-order valence-corrected chi connectivity index (χ2v) is 5.63. The Bertz CT molecular complexity index is 651. The van der Waals surface area contributed by atoms with Crippen molar-refractivity contribution in [1.82, 2.24) is 0 Å². The standard InChI is InChI=1S/C17H18N2O2/c1-12-11-15(9-10-16(12)19(20)21)18-17(14-7-8-14)13-5-3-2-4-6-13/h2-6,9-11,14,17-18H,7-8H2,1H3. The Kier molecular flexibility index (Phi) is 3.60. The molecule has 0 amide bonds. The number of hydrogen-bond donors (Lipinski definition) is 1. The van der Waals surface area contributed by atoms with Gasteiger partial charge >= 0.3 is 0 Å². The maximum atomic E-state index is 10.9. The first-order valence-electron chi connectivity index (χ1n) is 7.21. The molecule has 1 aliphatic carbocycles. The second kappa shape index (κ2) is 5.56. The predicted molar refractivity (Wildman–Crippen MR) is 83.4 cm³/mol. The fraction of sp³-hybridized carbons (Fsp3) is 0.294. The van der Waals surface area contributed by atoms with Crippen LogP contribution in [-0.4, -0.2) is 4.92 Å². The summed E-state index contributed by atoms with van der Waals surface area (Å²) in [4.78, 5) is 10.5. The highest BCUT2D eigenvalue weighted by atomic mass is 16.6. The monoisotopic (exact) mass is 282 g/mol. The maximum absolute atomic E-state index is 10.9. The molecule has 21 heavy (non-hydrogen) atoms. The molecule has 4 nitrogen and oxygen atoms in total. The molecular formula is C17H18N2O2. The van der Waals surface area contributed by atoms with Crippen molar-refractivity contribution in [2.75, 3.05) is 5.32 Å². The van der Waals surface area contributed by atoms with E-state index in [9.17, 15) is 10.1 Å². The molecule has 0 aromatic heterocycles. The summed E-state index contributed by atoms with van der Waals surface area (Å²) < 4.78 is 0. The highest BCUT2D eigenvalue weighted by Crippen LogP contribution is 2.43. The predicted octanol–water partition coefficient (Wildman–Crippen LogP) is 4.47. The van der Waals surface area contributed by atoms with Crippen molar-refractivity contribution in [3.63, 3.8) is 0 Å². The molecule has 0 bridgehead atoms. The highest BCUT2D eigenvalue weighted by molar-refractivity contribution is 5.54. The summed E-state index contributed by atoms with van der Waals surface area (Å²) in [5.41, 5.74) is 3.07. The molecular weight excluding hydrogens is 264 g/mol. The first kappa shape index (κ1) is 13.6. The van der Waals surface area contributed by atoms with Gasteiger partial charge in [-0.1, -0.05) is 30.3 Å². The van der Waals surface area contributed by atoms with Crippen LogP contribution in [0.2, 0.25) is 0 Å². The number of aryl methyl sites for hydroxylation is 1. The number of hydrogen-bond acceptors (Lipinski definition) is 3. The molecule has 2 aromatic carbocycles. The van der Waals surface area contributed by atoms with Crippen LogP contribution in [-0.2, 0) is 0 Å². The Morgan fingerprint density at radius 3 is 2.48 bits per heavy atom. The Balaban J connectivity index is 1.84. The SMILES string of the molecule is Cc1cc(NC(c2ccccc2)C2CC2)ccc1[N+](=O)[O-]. The van der Waals surface area contributed by atoms with E-state index in [1.807, 2.05) is 24.3 Å². The minimum Gasteiger partial charge on any atom is -0.378 e. The van der Waals surface area contributed by atoms with E-state index in [2.05, 4.69) is 17.4 Å². The van der Waals surface area contributed by atoms with Crippen molar-refractivity contribution in [1.29, 1.82) is 0 Å². The van der Waals surface area contributed by atoms with Crippen molar-refractivity contribution < 1.29 is 4.92 Å². The number of nitro benzene ring substituents is 1. The van der Waals surface area contributed by atoms with Crippen LogP contribution in [0.25, 0.3) is 0 Å². The summed E-state index contributed by atoms with van der Waals surface area (Å²) in [5.74, 6) is 0.655. The fourth-order valence-electron chi connectivity index (χ4n) is 2.69. The molecule has 1 atom stereocenters. The number of benzene rings is 2. The molecule has 0 aliphatic heterocycles. The van der Waals surface area contributed by atoms with E-state index in [0.29, 0.717) is 11.5 Å². The zero-order valence-electron chi connectivity index (χ0n) is 12.0. The summed E-state index contributed by atoms with van der Waals surface area (Å²) in [6.45, 7) is 1.78. The van der Waals surface area contributed by atoms with Crippen molar-refractivity contribution in [2.45, 2.75) is 25.8 Å². The van der Waals surface area contributed by atoms with Crippen molar-refractivity contribution in [3.8, 4) is 0 Å². The summed E-state index contributed by atoms with van der Waals surface area (Å²) in [5, 5.41) is 14.4. The lowest BCUT2D eigenvalue weighted by atomic mass is 10.0. The summed E-state index contributed by atoms with van der Waals surface area (Å²) in [6, 6.07) is 15.9. The van der Waals surface area contributed by atoms with Gasteiger partial charge in [-0.2, -0.15) is 0 Å². The lowest BCUT2D eigenvalue weighted by molar-refractivity contribution is -0.385. The van der Waals surface area contributed by atoms with Crippen LogP contribution in [0.4, 0.5) is 11.4 Å². The average molecular weight is 282 g/mol. The molecule has 0 spiro atoms. The van der Waals surface area contributed by atoms with Gasteiger partial charge in [-0.15, -0.1) is 0 Å². The van der Waals surface area contributed by atoms with Gasteiger partial charge in [0, 0.05) is 17.3 Å². The van der Waals surface area contributed by atoms with E-state index in [1.165, 1.54) is 18.4 Å². The molecule has 0 saturated heterocycles. The Morgan fingerprint density at radius 1 is 1.19 bits per heavy atom. The van der Waals surface area contributed by atoms with Crippen LogP contribution in [0.1, 0.15) is 30.0 Å². The second-order valence-electron chi connectivity index (χ2n) is 5.63. The molecule has 1 unspecified atom stereocenters. The van der Waals surface area contributed by atoms with E-state index in [-0.39, 0.29) is 16.7 Å². The molecule has 1 fully saturated rings. The third-order valence-corrected chi connectivity index (χ3v) is 3.97. The summed E-state index contributed by atoms with van der Waals surface area (Å²) in [7, 11) is 0. The lowest BCUT2D eigenvalue weighted by Gasteiger charge is -2.20. The van der Waals surface area contributed by atoms with Crippen LogP contribution >= 0.6 is 0 Å². The highest BCUT2D eigenvalue weighted by Gasteiger charge is 2.32. The number of rotatable bonds is 5. The number of nitro groups is 1. The summed E-state index contributed by atoms with van der Waals surface area (Å²) >= 11 is 0. The van der Waals surface area contributed by atoms with Gasteiger partial charge in [0.15, 0.2) is 0 Å². The van der Waals surface area contributed by atoms with Crippen molar-refractivity contribution in [3.05, 3.63) is 69.8 Å². The Morgan fingerprint density at radius 2 is 1.90 bits per heavy atom. The van der Waals surface area contributed by atoms with Crippen molar-refractivity contribution in [2.24, 2.45) is 5.92 Å². The molecule has 4 heteroatoms. The van der Waals surface area contributed by atoms with E-state index >= 15 is 0 Å². The smallest absolute Gasteiger partial charge is 0.272 e. The third-order valence-electron chi connectivity index (χ3n) is 3.97. The van der Waals surface area contributed by atoms with Crippen LogP contribution in [0.15, 0.2) is 48.5 Å². The van der Waals surface area contributed by atoms with Gasteiger partial charge in [0.05, 0.1) is 11.0 Å². The first-order valence-corrected chi connectivity index (χ1v) is 7.21. The van der Waals surface area contributed by atoms with E-state index < -0.39 is 0 Å². The van der Waals surface area contributed by atoms with Crippen LogP contribution in [0.5, 0.6) is 0 Å². The zero-order chi connectivity index (χ0) is 14.8.